The molecule has 3 aromatic rings. The largest absolute Gasteiger partial charge is 0.481 e. The molecule has 8 heteroatoms. The van der Waals surface area contributed by atoms with Crippen LogP contribution in [0.25, 0.3) is 11.1 Å². The third kappa shape index (κ3) is 5.17. The molecular formula is C30H35N3O5. The Labute approximate surface area is 222 Å². The number of carboxylic acids is 1. The Hall–Kier alpha value is -3.68. The number of amides is 1. The van der Waals surface area contributed by atoms with Crippen LogP contribution in [0.4, 0.5) is 4.79 Å². The number of fused-ring (bicyclic) bond motifs is 3. The van der Waals surface area contributed by atoms with Crippen molar-refractivity contribution in [3.63, 3.8) is 0 Å². The van der Waals surface area contributed by atoms with Crippen molar-refractivity contribution in [1.29, 1.82) is 0 Å². The van der Waals surface area contributed by atoms with Gasteiger partial charge in [-0.05, 0) is 59.3 Å². The van der Waals surface area contributed by atoms with Gasteiger partial charge in [-0.15, -0.1) is 0 Å². The average molecular weight is 518 g/mol. The molecule has 0 atom stereocenters. The highest BCUT2D eigenvalue weighted by Crippen LogP contribution is 2.46. The molecule has 2 aliphatic rings. The molecule has 0 spiro atoms. The van der Waals surface area contributed by atoms with Crippen LogP contribution >= 0.6 is 0 Å². The predicted molar refractivity (Wildman–Crippen MR) is 142 cm³/mol. The summed E-state index contributed by atoms with van der Waals surface area (Å²) < 4.78 is 11.2. The molecule has 1 fully saturated rings. The molecule has 200 valence electrons. The van der Waals surface area contributed by atoms with Crippen molar-refractivity contribution in [2.45, 2.75) is 70.8 Å². The number of nitrogens with one attached hydrogen (secondary N) is 1. The molecule has 1 amide bonds. The number of nitrogens with zero attached hydrogens (tertiary/aromatic N) is 2. The first-order chi connectivity index (χ1) is 18.2. The van der Waals surface area contributed by atoms with Crippen molar-refractivity contribution in [2.75, 3.05) is 6.61 Å². The molecular weight excluding hydrogens is 482 g/mol. The molecule has 38 heavy (non-hydrogen) atoms. The molecule has 2 N–H and O–H groups in total. The summed E-state index contributed by atoms with van der Waals surface area (Å²) in [7, 11) is 0. The normalized spacial score (nSPS) is 21.0. The van der Waals surface area contributed by atoms with Crippen molar-refractivity contribution >= 4 is 12.1 Å². The van der Waals surface area contributed by atoms with Gasteiger partial charge in [0, 0.05) is 12.3 Å². The molecule has 0 saturated heterocycles. The van der Waals surface area contributed by atoms with Gasteiger partial charge in [0.15, 0.2) is 5.82 Å². The van der Waals surface area contributed by atoms with E-state index < -0.39 is 17.6 Å². The van der Waals surface area contributed by atoms with Gasteiger partial charge in [-0.25, -0.2) is 4.79 Å². The van der Waals surface area contributed by atoms with E-state index in [1.807, 2.05) is 24.3 Å². The standard InChI is InChI=1S/C30H35N3O5/c1-29(2,3)19-14-16-30(17-15-19,27-31-25(38-33-27)12-13-26(34)35)32-28(36)37-18-24-22-10-6-4-8-20(22)21-9-5-7-11-23(21)24/h4-11,19,24H,12-18H2,1-3H3,(H,32,36)(H,34,35). The molecule has 5 rings (SSSR count). The first-order valence-corrected chi connectivity index (χ1v) is 13.3. The number of benzene rings is 2. The summed E-state index contributed by atoms with van der Waals surface area (Å²) in [6.45, 7) is 6.93. The maximum absolute atomic E-state index is 13.3. The number of carboxylic acid groups (broad SMARTS) is 1. The molecule has 8 nitrogen and oxygen atoms in total. The van der Waals surface area contributed by atoms with E-state index in [9.17, 15) is 9.59 Å². The Kier molecular flexibility index (Phi) is 6.99. The molecule has 1 saturated carbocycles. The van der Waals surface area contributed by atoms with Gasteiger partial charge >= 0.3 is 12.1 Å². The van der Waals surface area contributed by atoms with Gasteiger partial charge in [0.2, 0.25) is 5.89 Å². The number of hydrogen-bond donors (Lipinski definition) is 2. The van der Waals surface area contributed by atoms with E-state index in [-0.39, 0.29) is 36.7 Å². The number of carbonyl (C=O) groups excluding carboxylic acids is 1. The van der Waals surface area contributed by atoms with E-state index in [4.69, 9.17) is 14.4 Å². The fourth-order valence-corrected chi connectivity index (χ4v) is 5.98. The van der Waals surface area contributed by atoms with E-state index in [1.165, 1.54) is 11.1 Å². The minimum atomic E-state index is -0.929. The maximum atomic E-state index is 13.3. The Morgan fingerprint density at radius 2 is 1.66 bits per heavy atom. The van der Waals surface area contributed by atoms with E-state index in [0.29, 0.717) is 24.6 Å². The first-order valence-electron chi connectivity index (χ1n) is 13.3. The van der Waals surface area contributed by atoms with Crippen molar-refractivity contribution in [2.24, 2.45) is 11.3 Å². The van der Waals surface area contributed by atoms with Gasteiger partial charge < -0.3 is 19.7 Å². The molecule has 2 aromatic carbocycles. The summed E-state index contributed by atoms with van der Waals surface area (Å²) in [6.07, 6.45) is 2.62. The smallest absolute Gasteiger partial charge is 0.407 e. The fourth-order valence-electron chi connectivity index (χ4n) is 5.98. The number of carbonyl (C=O) groups is 2. The van der Waals surface area contributed by atoms with Gasteiger partial charge in [-0.2, -0.15) is 4.98 Å². The van der Waals surface area contributed by atoms with Crippen LogP contribution in [0.5, 0.6) is 0 Å². The van der Waals surface area contributed by atoms with Gasteiger partial charge in [0.25, 0.3) is 0 Å². The molecule has 0 aliphatic heterocycles. The zero-order valence-electron chi connectivity index (χ0n) is 22.2. The summed E-state index contributed by atoms with van der Waals surface area (Å²) in [5.74, 6) is 0.182. The Morgan fingerprint density at radius 1 is 1.05 bits per heavy atom. The number of alkyl carbamates (subject to hydrolysis) is 1. The topological polar surface area (TPSA) is 115 Å². The Balaban J connectivity index is 1.33. The molecule has 2 aliphatic carbocycles. The number of ether oxygens (including phenoxy) is 1. The van der Waals surface area contributed by atoms with Crippen molar-refractivity contribution < 1.29 is 24.0 Å². The van der Waals surface area contributed by atoms with Crippen LogP contribution in [0.2, 0.25) is 0 Å². The number of rotatable bonds is 7. The second-order valence-corrected chi connectivity index (χ2v) is 11.6. The van der Waals surface area contributed by atoms with Crippen LogP contribution in [0, 0.1) is 11.3 Å². The average Bonchev–Trinajstić information content (AvgIpc) is 3.50. The van der Waals surface area contributed by atoms with Gasteiger partial charge in [0.05, 0.1) is 6.42 Å². The summed E-state index contributed by atoms with van der Waals surface area (Å²) in [6, 6.07) is 16.5. The zero-order valence-corrected chi connectivity index (χ0v) is 22.2. The van der Waals surface area contributed by atoms with E-state index in [1.54, 1.807) is 0 Å². The Bertz CT molecular complexity index is 1270. The fraction of sp³-hybridized carbons (Fsp3) is 0.467. The molecule has 1 aromatic heterocycles. The third-order valence-electron chi connectivity index (χ3n) is 8.20. The minimum Gasteiger partial charge on any atom is -0.481 e. The van der Waals surface area contributed by atoms with Gasteiger partial charge in [0.1, 0.15) is 12.1 Å². The third-order valence-corrected chi connectivity index (χ3v) is 8.20. The highest BCUT2D eigenvalue weighted by molar-refractivity contribution is 5.79. The van der Waals surface area contributed by atoms with Crippen LogP contribution in [0.1, 0.15) is 81.6 Å². The number of hydrogen-bond acceptors (Lipinski definition) is 6. The van der Waals surface area contributed by atoms with Crippen molar-refractivity contribution in [1.82, 2.24) is 15.5 Å². The molecule has 0 radical (unpaired) electrons. The summed E-state index contributed by atoms with van der Waals surface area (Å²) in [5.41, 5.74) is 3.99. The quantitative estimate of drug-likeness (QED) is 0.392. The van der Waals surface area contributed by atoms with Crippen molar-refractivity contribution in [3.8, 4) is 11.1 Å². The van der Waals surface area contributed by atoms with Gasteiger partial charge in [-0.3, -0.25) is 4.79 Å². The lowest BCUT2D eigenvalue weighted by molar-refractivity contribution is -0.137. The molecule has 0 unspecified atom stereocenters. The number of aryl methyl sites for hydroxylation is 1. The lowest BCUT2D eigenvalue weighted by Gasteiger charge is -2.42. The second-order valence-electron chi connectivity index (χ2n) is 11.6. The highest BCUT2D eigenvalue weighted by atomic mass is 16.5. The van der Waals surface area contributed by atoms with E-state index >= 15 is 0 Å². The van der Waals surface area contributed by atoms with Crippen LogP contribution < -0.4 is 5.32 Å². The van der Waals surface area contributed by atoms with Crippen LogP contribution in [-0.4, -0.2) is 33.9 Å². The summed E-state index contributed by atoms with van der Waals surface area (Å²) in [4.78, 5) is 28.8. The number of aliphatic carboxylic acids is 1. The lowest BCUT2D eigenvalue weighted by Crippen LogP contribution is -2.50. The summed E-state index contributed by atoms with van der Waals surface area (Å²) >= 11 is 0. The van der Waals surface area contributed by atoms with Crippen LogP contribution in [0.15, 0.2) is 53.1 Å². The minimum absolute atomic E-state index is 0.0338. The predicted octanol–water partition coefficient (Wildman–Crippen LogP) is 6.06. The lowest BCUT2D eigenvalue weighted by atomic mass is 9.67. The number of aromatic nitrogens is 2. The monoisotopic (exact) mass is 517 g/mol. The maximum Gasteiger partial charge on any atom is 0.407 e. The summed E-state index contributed by atoms with van der Waals surface area (Å²) in [5, 5.41) is 16.3. The zero-order chi connectivity index (χ0) is 26.9. The van der Waals surface area contributed by atoms with Gasteiger partial charge in [-0.1, -0.05) is 74.5 Å². The van der Waals surface area contributed by atoms with E-state index in [0.717, 1.165) is 24.0 Å². The molecule has 0 bridgehead atoms. The first kappa shape index (κ1) is 25.9. The van der Waals surface area contributed by atoms with E-state index in [2.05, 4.69) is 60.5 Å². The van der Waals surface area contributed by atoms with Crippen molar-refractivity contribution in [3.05, 3.63) is 71.4 Å². The van der Waals surface area contributed by atoms with Crippen LogP contribution in [0.3, 0.4) is 0 Å². The van der Waals surface area contributed by atoms with Crippen LogP contribution in [-0.2, 0) is 21.5 Å². The SMILES string of the molecule is CC(C)(C)C1CCC(NC(=O)OCC2c3ccccc3-c3ccccc32)(c2noc(CCC(=O)O)n2)CC1. The Morgan fingerprint density at radius 3 is 2.24 bits per heavy atom. The second kappa shape index (κ2) is 10.2. The highest BCUT2D eigenvalue weighted by Gasteiger charge is 2.45. The molecule has 1 heterocycles.